The Morgan fingerprint density at radius 3 is 2.36 bits per heavy atom. The van der Waals surface area contributed by atoms with Gasteiger partial charge >= 0.3 is 0 Å². The molecule has 3 heterocycles. The van der Waals surface area contributed by atoms with E-state index in [2.05, 4.69) is 67.2 Å². The topological polar surface area (TPSA) is 46.3 Å². The van der Waals surface area contributed by atoms with Crippen LogP contribution in [-0.4, -0.2) is 44.8 Å². The molecule has 1 aliphatic rings. The Kier molecular flexibility index (Phi) is 4.12. The van der Waals surface area contributed by atoms with E-state index in [1.54, 1.807) is 11.3 Å². The van der Waals surface area contributed by atoms with Gasteiger partial charge in [-0.1, -0.05) is 56.4 Å². The van der Waals surface area contributed by atoms with Crippen LogP contribution in [0.3, 0.4) is 0 Å². The van der Waals surface area contributed by atoms with Crippen LogP contribution < -0.4 is 0 Å². The van der Waals surface area contributed by atoms with Gasteiger partial charge in [0.05, 0.1) is 0 Å². The molecule has 1 fully saturated rings. The minimum absolute atomic E-state index is 0.168. The predicted octanol–water partition coefficient (Wildman–Crippen LogP) is 3.96. The Morgan fingerprint density at radius 2 is 1.72 bits per heavy atom. The zero-order valence-electron chi connectivity index (χ0n) is 15.4. The van der Waals surface area contributed by atoms with E-state index in [1.807, 2.05) is 4.52 Å². The first-order valence-electron chi connectivity index (χ1n) is 8.93. The monoisotopic (exact) mass is 355 g/mol. The molecule has 2 aromatic heterocycles. The summed E-state index contributed by atoms with van der Waals surface area (Å²) in [6.45, 7) is 8.94. The second-order valence-corrected chi connectivity index (χ2v) is 9.02. The highest BCUT2D eigenvalue weighted by atomic mass is 32.1. The summed E-state index contributed by atoms with van der Waals surface area (Å²) in [6.07, 6.45) is 2.26. The number of rotatable bonds is 2. The third kappa shape index (κ3) is 3.20. The summed E-state index contributed by atoms with van der Waals surface area (Å²) in [5.74, 6) is 1.49. The molecule has 6 heteroatoms. The largest absolute Gasteiger partial charge is 0.306 e. The highest BCUT2D eigenvalue weighted by Gasteiger charge is 2.25. The lowest BCUT2D eigenvalue weighted by Gasteiger charge is -2.27. The smallest absolute Gasteiger partial charge is 0.234 e. The SMILES string of the molecule is CN1CCC(c2nnc3sc(-c4ccc(C(C)(C)C)cc4)nn23)CC1. The number of hydrogen-bond donors (Lipinski definition) is 0. The van der Waals surface area contributed by atoms with Crippen LogP contribution in [0.5, 0.6) is 0 Å². The second-order valence-electron chi connectivity index (χ2n) is 8.06. The average molecular weight is 356 g/mol. The third-order valence-electron chi connectivity index (χ3n) is 5.10. The minimum atomic E-state index is 0.168. The maximum Gasteiger partial charge on any atom is 0.234 e. The predicted molar refractivity (Wildman–Crippen MR) is 102 cm³/mol. The number of fused-ring (bicyclic) bond motifs is 1. The Morgan fingerprint density at radius 1 is 1.04 bits per heavy atom. The zero-order valence-corrected chi connectivity index (χ0v) is 16.2. The molecule has 0 spiro atoms. The van der Waals surface area contributed by atoms with Crippen LogP contribution in [0.15, 0.2) is 24.3 Å². The van der Waals surface area contributed by atoms with Crippen LogP contribution in [-0.2, 0) is 5.41 Å². The molecule has 0 unspecified atom stereocenters. The van der Waals surface area contributed by atoms with Gasteiger partial charge in [0.25, 0.3) is 0 Å². The first kappa shape index (κ1) is 16.7. The van der Waals surface area contributed by atoms with Crippen molar-refractivity contribution in [1.29, 1.82) is 0 Å². The number of aromatic nitrogens is 4. The molecular weight excluding hydrogens is 330 g/mol. The summed E-state index contributed by atoms with van der Waals surface area (Å²) < 4.78 is 1.97. The number of likely N-dealkylation sites (tertiary alicyclic amines) is 1. The third-order valence-corrected chi connectivity index (χ3v) is 6.04. The normalized spacial score (nSPS) is 17.4. The Labute approximate surface area is 152 Å². The Hall–Kier alpha value is -1.79. The summed E-state index contributed by atoms with van der Waals surface area (Å²) in [5.41, 5.74) is 2.66. The van der Waals surface area contributed by atoms with E-state index >= 15 is 0 Å². The summed E-state index contributed by atoms with van der Waals surface area (Å²) in [6, 6.07) is 8.74. The molecule has 0 amide bonds. The molecular formula is C19H25N5S. The van der Waals surface area contributed by atoms with Gasteiger partial charge in [-0.2, -0.15) is 9.61 Å². The van der Waals surface area contributed by atoms with Crippen molar-refractivity contribution in [2.24, 2.45) is 0 Å². The van der Waals surface area contributed by atoms with Gasteiger partial charge in [-0.25, -0.2) is 0 Å². The minimum Gasteiger partial charge on any atom is -0.306 e. The fourth-order valence-electron chi connectivity index (χ4n) is 3.38. The van der Waals surface area contributed by atoms with E-state index in [0.29, 0.717) is 5.92 Å². The highest BCUT2D eigenvalue weighted by Crippen LogP contribution is 2.31. The van der Waals surface area contributed by atoms with Crippen LogP contribution in [0, 0.1) is 0 Å². The van der Waals surface area contributed by atoms with E-state index in [1.165, 1.54) is 5.56 Å². The lowest BCUT2D eigenvalue weighted by molar-refractivity contribution is 0.250. The van der Waals surface area contributed by atoms with Crippen molar-refractivity contribution in [1.82, 2.24) is 24.7 Å². The van der Waals surface area contributed by atoms with Gasteiger partial charge in [-0.05, 0) is 44.0 Å². The van der Waals surface area contributed by atoms with Crippen LogP contribution >= 0.6 is 11.3 Å². The molecule has 1 aromatic carbocycles. The van der Waals surface area contributed by atoms with Crippen molar-refractivity contribution in [3.8, 4) is 10.6 Å². The molecule has 1 aliphatic heterocycles. The van der Waals surface area contributed by atoms with E-state index < -0.39 is 0 Å². The summed E-state index contributed by atoms with van der Waals surface area (Å²) >= 11 is 1.62. The van der Waals surface area contributed by atoms with Gasteiger partial charge in [-0.15, -0.1) is 10.2 Å². The van der Waals surface area contributed by atoms with Crippen molar-refractivity contribution in [3.05, 3.63) is 35.7 Å². The van der Waals surface area contributed by atoms with E-state index in [0.717, 1.165) is 47.3 Å². The Bertz CT molecular complexity index is 863. The number of piperidine rings is 1. The highest BCUT2D eigenvalue weighted by molar-refractivity contribution is 7.19. The van der Waals surface area contributed by atoms with Crippen molar-refractivity contribution in [2.75, 3.05) is 20.1 Å². The molecule has 5 nitrogen and oxygen atoms in total. The van der Waals surface area contributed by atoms with Gasteiger partial charge in [0.15, 0.2) is 5.82 Å². The average Bonchev–Trinajstić information content (AvgIpc) is 3.16. The lowest BCUT2D eigenvalue weighted by Crippen LogP contribution is -2.30. The van der Waals surface area contributed by atoms with Crippen molar-refractivity contribution < 1.29 is 0 Å². The van der Waals surface area contributed by atoms with Crippen molar-refractivity contribution in [3.63, 3.8) is 0 Å². The first-order valence-corrected chi connectivity index (χ1v) is 9.75. The Balaban J connectivity index is 1.64. The standard InChI is InChI=1S/C19H25N5S/c1-19(2,3)15-7-5-14(6-8-15)17-22-24-16(20-21-18(24)25-17)13-9-11-23(4)12-10-13/h5-8,13H,9-12H2,1-4H3. The van der Waals surface area contributed by atoms with Crippen LogP contribution in [0.25, 0.3) is 15.5 Å². The first-order chi connectivity index (χ1) is 11.9. The molecule has 132 valence electrons. The molecule has 0 bridgehead atoms. The van der Waals surface area contributed by atoms with E-state index in [-0.39, 0.29) is 5.41 Å². The van der Waals surface area contributed by atoms with Crippen LogP contribution in [0.2, 0.25) is 0 Å². The van der Waals surface area contributed by atoms with Crippen molar-refractivity contribution >= 4 is 16.3 Å². The lowest BCUT2D eigenvalue weighted by atomic mass is 9.87. The maximum absolute atomic E-state index is 4.83. The fraction of sp³-hybridized carbons (Fsp3) is 0.526. The molecule has 0 saturated carbocycles. The van der Waals surface area contributed by atoms with Crippen LogP contribution in [0.1, 0.15) is 50.9 Å². The number of nitrogens with zero attached hydrogens (tertiary/aromatic N) is 5. The van der Waals surface area contributed by atoms with Crippen LogP contribution in [0.4, 0.5) is 0 Å². The maximum atomic E-state index is 4.83. The second kappa shape index (κ2) is 6.18. The van der Waals surface area contributed by atoms with Gasteiger partial charge in [0, 0.05) is 11.5 Å². The van der Waals surface area contributed by atoms with Crippen molar-refractivity contribution in [2.45, 2.75) is 44.9 Å². The molecule has 0 atom stereocenters. The number of hydrogen-bond acceptors (Lipinski definition) is 5. The van der Waals surface area contributed by atoms with Gasteiger partial charge in [-0.3, -0.25) is 0 Å². The summed E-state index contributed by atoms with van der Waals surface area (Å²) in [4.78, 5) is 3.27. The molecule has 1 saturated heterocycles. The van der Waals surface area contributed by atoms with E-state index in [4.69, 9.17) is 5.10 Å². The van der Waals surface area contributed by atoms with Gasteiger partial charge in [0.1, 0.15) is 5.01 Å². The fourth-order valence-corrected chi connectivity index (χ4v) is 4.23. The molecule has 4 rings (SSSR count). The number of benzene rings is 1. The molecule has 0 radical (unpaired) electrons. The molecule has 0 N–H and O–H groups in total. The summed E-state index contributed by atoms with van der Waals surface area (Å²) in [5, 5.41) is 14.6. The van der Waals surface area contributed by atoms with Gasteiger partial charge < -0.3 is 4.90 Å². The molecule has 25 heavy (non-hydrogen) atoms. The van der Waals surface area contributed by atoms with E-state index in [9.17, 15) is 0 Å². The molecule has 0 aliphatic carbocycles. The molecule has 3 aromatic rings. The van der Waals surface area contributed by atoms with Gasteiger partial charge in [0.2, 0.25) is 4.96 Å². The zero-order chi connectivity index (χ0) is 17.6. The summed E-state index contributed by atoms with van der Waals surface area (Å²) in [7, 11) is 2.18. The quantitative estimate of drug-likeness (QED) is 0.698.